The van der Waals surface area contributed by atoms with Gasteiger partial charge in [0, 0.05) is 24.5 Å². The molecule has 112 valence electrons. The number of fused-ring (bicyclic) bond motifs is 2. The highest BCUT2D eigenvalue weighted by atomic mass is 127. The predicted octanol–water partition coefficient (Wildman–Crippen LogP) is 2.37. The van der Waals surface area contributed by atoms with Crippen molar-refractivity contribution in [2.24, 2.45) is 7.05 Å². The maximum Gasteiger partial charge on any atom is 0.106 e. The highest BCUT2D eigenvalue weighted by molar-refractivity contribution is 14.1. The van der Waals surface area contributed by atoms with Crippen LogP contribution >= 0.6 is 33.9 Å². The monoisotopic (exact) mass is 416 g/mol. The number of hydrogen-bond donors (Lipinski definition) is 1. The van der Waals surface area contributed by atoms with Gasteiger partial charge in [0.15, 0.2) is 0 Å². The number of piperidine rings is 1. The Morgan fingerprint density at radius 2 is 2.48 bits per heavy atom. The number of hydrogen-bond acceptors (Lipinski definition) is 5. The molecule has 1 fully saturated rings. The summed E-state index contributed by atoms with van der Waals surface area (Å²) < 4.78 is 9.44. The summed E-state index contributed by atoms with van der Waals surface area (Å²) >= 11 is 4.31. The van der Waals surface area contributed by atoms with Crippen molar-refractivity contribution in [2.75, 3.05) is 13.2 Å². The van der Waals surface area contributed by atoms with Gasteiger partial charge in [0.25, 0.3) is 0 Å². The lowest BCUT2D eigenvalue weighted by Crippen LogP contribution is -2.45. The van der Waals surface area contributed by atoms with E-state index in [1.54, 1.807) is 4.68 Å². The number of rotatable bonds is 1. The van der Waals surface area contributed by atoms with Gasteiger partial charge >= 0.3 is 0 Å². The third-order valence-electron chi connectivity index (χ3n) is 4.37. The molecule has 2 aromatic rings. The topological polar surface area (TPSA) is 52.0 Å². The lowest BCUT2D eigenvalue weighted by Gasteiger charge is -2.43. The zero-order chi connectivity index (χ0) is 14.4. The number of aromatic nitrogens is 3. The van der Waals surface area contributed by atoms with Gasteiger partial charge in [0.1, 0.15) is 5.60 Å². The molecule has 2 aliphatic heterocycles. The second kappa shape index (κ2) is 5.29. The molecule has 2 aromatic heterocycles. The molecule has 0 aromatic carbocycles. The molecule has 5 nitrogen and oxygen atoms in total. The van der Waals surface area contributed by atoms with E-state index < -0.39 is 0 Å². The van der Waals surface area contributed by atoms with E-state index in [2.05, 4.69) is 44.3 Å². The van der Waals surface area contributed by atoms with Crippen molar-refractivity contribution >= 4 is 33.9 Å². The van der Waals surface area contributed by atoms with Crippen LogP contribution in [0.4, 0.5) is 0 Å². The molecule has 2 aliphatic rings. The van der Waals surface area contributed by atoms with Gasteiger partial charge in [0.2, 0.25) is 0 Å². The van der Waals surface area contributed by atoms with Crippen molar-refractivity contribution in [1.29, 1.82) is 0 Å². The van der Waals surface area contributed by atoms with Gasteiger partial charge in [-0.2, -0.15) is 0 Å². The summed E-state index contributed by atoms with van der Waals surface area (Å²) in [4.78, 5) is 1.44. The predicted molar refractivity (Wildman–Crippen MR) is 89.4 cm³/mol. The van der Waals surface area contributed by atoms with Crippen LogP contribution in [0.1, 0.15) is 35.0 Å². The smallest absolute Gasteiger partial charge is 0.106 e. The van der Waals surface area contributed by atoms with Crippen LogP contribution in [0.5, 0.6) is 0 Å². The van der Waals surface area contributed by atoms with Gasteiger partial charge in [-0.3, -0.25) is 4.68 Å². The normalized spacial score (nSPS) is 28.8. The largest absolute Gasteiger partial charge is 0.369 e. The van der Waals surface area contributed by atoms with Crippen LogP contribution < -0.4 is 5.32 Å². The molecule has 0 saturated carbocycles. The molecule has 0 radical (unpaired) electrons. The van der Waals surface area contributed by atoms with E-state index in [9.17, 15) is 0 Å². The Balaban J connectivity index is 1.69. The first-order valence-corrected chi connectivity index (χ1v) is 9.08. The van der Waals surface area contributed by atoms with Crippen molar-refractivity contribution in [3.63, 3.8) is 0 Å². The second-order valence-electron chi connectivity index (χ2n) is 5.78. The Labute approximate surface area is 141 Å². The zero-order valence-corrected chi connectivity index (χ0v) is 14.8. The molecule has 1 spiro atoms. The van der Waals surface area contributed by atoms with Crippen molar-refractivity contribution in [1.82, 2.24) is 20.3 Å². The summed E-state index contributed by atoms with van der Waals surface area (Å²) in [5.41, 5.74) is 2.36. The van der Waals surface area contributed by atoms with Gasteiger partial charge in [-0.05, 0) is 53.6 Å². The molecule has 4 heterocycles. The maximum atomic E-state index is 6.32. The average molecular weight is 416 g/mol. The third kappa shape index (κ3) is 2.43. The van der Waals surface area contributed by atoms with E-state index in [-0.39, 0.29) is 11.6 Å². The van der Waals surface area contributed by atoms with E-state index >= 15 is 0 Å². The van der Waals surface area contributed by atoms with Crippen molar-refractivity contribution < 1.29 is 4.74 Å². The molecular weight excluding hydrogens is 399 g/mol. The van der Waals surface area contributed by atoms with Crippen LogP contribution in [-0.4, -0.2) is 28.1 Å². The summed E-state index contributed by atoms with van der Waals surface area (Å²) in [6, 6.07) is 2.54. The number of halogens is 1. The van der Waals surface area contributed by atoms with Crippen molar-refractivity contribution in [3.05, 3.63) is 31.3 Å². The molecule has 2 atom stereocenters. The number of thiophene rings is 1. The van der Waals surface area contributed by atoms with Gasteiger partial charge in [-0.15, -0.1) is 16.4 Å². The third-order valence-corrected chi connectivity index (χ3v) is 6.50. The maximum absolute atomic E-state index is 6.32. The first-order chi connectivity index (χ1) is 10.2. The lowest BCUT2D eigenvalue weighted by molar-refractivity contribution is -0.0871. The molecule has 0 bridgehead atoms. The quantitative estimate of drug-likeness (QED) is 0.726. The first kappa shape index (κ1) is 14.1. The Bertz CT molecular complexity index is 670. The fourth-order valence-corrected chi connectivity index (χ4v) is 5.57. The minimum Gasteiger partial charge on any atom is -0.369 e. The molecular formula is C14H17IN4OS. The van der Waals surface area contributed by atoms with E-state index in [1.807, 2.05) is 24.6 Å². The van der Waals surface area contributed by atoms with Crippen molar-refractivity contribution in [3.8, 4) is 0 Å². The van der Waals surface area contributed by atoms with Crippen LogP contribution in [0, 0.1) is 2.88 Å². The van der Waals surface area contributed by atoms with E-state index in [4.69, 9.17) is 4.74 Å². The molecule has 0 aliphatic carbocycles. The molecule has 0 unspecified atom stereocenters. The highest BCUT2D eigenvalue weighted by Gasteiger charge is 2.44. The number of nitrogens with zero attached hydrogens (tertiary/aromatic N) is 3. The fraction of sp³-hybridized carbons (Fsp3) is 0.571. The zero-order valence-electron chi connectivity index (χ0n) is 11.8. The van der Waals surface area contributed by atoms with Gasteiger partial charge < -0.3 is 10.1 Å². The number of aryl methyl sites for hydroxylation is 1. The Morgan fingerprint density at radius 1 is 1.57 bits per heavy atom. The Hall–Kier alpha value is -0.510. The first-order valence-electron chi connectivity index (χ1n) is 7.18. The minimum absolute atomic E-state index is 0.130. The number of ether oxygens (including phenoxy) is 1. The Kier molecular flexibility index (Phi) is 3.55. The van der Waals surface area contributed by atoms with Crippen LogP contribution in [0.25, 0.3) is 0 Å². The SMILES string of the molecule is Cn1cc([C@@H]2C[C@]3(CCN2)OCCc2cc(I)sc23)nn1. The standard InChI is InChI=1S/C14H17IN4OS/c1-19-8-11(17-18-19)10-7-14(3-4-16-10)13-9(2-5-20-14)6-12(15)21-13/h6,8,10,16H,2-5,7H2,1H3/t10-,14-/m0/s1. The lowest BCUT2D eigenvalue weighted by atomic mass is 9.82. The fourth-order valence-electron chi connectivity index (χ4n) is 3.41. The van der Waals surface area contributed by atoms with Crippen LogP contribution in [-0.2, 0) is 23.8 Å². The summed E-state index contributed by atoms with van der Waals surface area (Å²) in [6.07, 6.45) is 5.01. The van der Waals surface area contributed by atoms with Crippen LogP contribution in [0.3, 0.4) is 0 Å². The molecule has 1 saturated heterocycles. The van der Waals surface area contributed by atoms with E-state index in [0.717, 1.165) is 38.1 Å². The summed E-state index contributed by atoms with van der Waals surface area (Å²) in [6.45, 7) is 1.78. The summed E-state index contributed by atoms with van der Waals surface area (Å²) in [7, 11) is 1.91. The van der Waals surface area contributed by atoms with E-state index in [1.165, 1.54) is 13.3 Å². The van der Waals surface area contributed by atoms with Crippen LogP contribution in [0.15, 0.2) is 12.3 Å². The van der Waals surface area contributed by atoms with Crippen molar-refractivity contribution in [2.45, 2.75) is 30.9 Å². The number of nitrogens with one attached hydrogen (secondary N) is 1. The Morgan fingerprint density at radius 3 is 3.29 bits per heavy atom. The second-order valence-corrected chi connectivity index (χ2v) is 8.72. The molecule has 4 rings (SSSR count). The molecule has 7 heteroatoms. The van der Waals surface area contributed by atoms with Gasteiger partial charge in [0.05, 0.1) is 21.2 Å². The van der Waals surface area contributed by atoms with Crippen LogP contribution in [0.2, 0.25) is 0 Å². The van der Waals surface area contributed by atoms with E-state index in [0.29, 0.717) is 0 Å². The molecule has 21 heavy (non-hydrogen) atoms. The van der Waals surface area contributed by atoms with Gasteiger partial charge in [-0.25, -0.2) is 0 Å². The molecule has 0 amide bonds. The molecule has 1 N–H and O–H groups in total. The minimum atomic E-state index is -0.130. The summed E-state index contributed by atoms with van der Waals surface area (Å²) in [5, 5.41) is 11.9. The highest BCUT2D eigenvalue weighted by Crippen LogP contribution is 2.47. The summed E-state index contributed by atoms with van der Waals surface area (Å²) in [5.74, 6) is 0. The average Bonchev–Trinajstić information content (AvgIpc) is 3.06. The van der Waals surface area contributed by atoms with Gasteiger partial charge in [-0.1, -0.05) is 5.21 Å².